The molecule has 184 valence electrons. The van der Waals surface area contributed by atoms with Crippen LogP contribution in [0.1, 0.15) is 29.2 Å². The summed E-state index contributed by atoms with van der Waals surface area (Å²) >= 11 is 0. The van der Waals surface area contributed by atoms with E-state index in [4.69, 9.17) is 9.15 Å². The van der Waals surface area contributed by atoms with Gasteiger partial charge in [-0.05, 0) is 23.3 Å². The molecule has 0 saturated heterocycles. The normalized spacial score (nSPS) is 11.6. The van der Waals surface area contributed by atoms with Crippen LogP contribution in [0.3, 0.4) is 0 Å². The molecule has 1 heterocycles. The lowest BCUT2D eigenvalue weighted by molar-refractivity contribution is -0.890. The van der Waals surface area contributed by atoms with Crippen LogP contribution in [-0.2, 0) is 12.0 Å². The van der Waals surface area contributed by atoms with Crippen LogP contribution in [0, 0.1) is 0 Å². The number of rotatable bonds is 11. The van der Waals surface area contributed by atoms with Crippen LogP contribution in [0.5, 0.6) is 5.75 Å². The number of halogens is 1. The summed E-state index contributed by atoms with van der Waals surface area (Å²) < 4.78 is 12.8. The standard InChI is InChI=1S/C29H33N2O3.BrH/c1-31(2,20-12-22-33-26-17-10-5-11-18-26)21-19-27-23-30-28(34-27)29(32,24-13-6-3-7-14-24)25-15-8-4-9-16-25;/h3-11,13-18,23,32H,12,19-22H2,1-2H3;1H/q+1;/p-1. The fourth-order valence-corrected chi connectivity index (χ4v) is 4.09. The number of hydrogen-bond acceptors (Lipinski definition) is 4. The first-order chi connectivity index (χ1) is 16.5. The summed E-state index contributed by atoms with van der Waals surface area (Å²) in [6.07, 6.45) is 3.44. The van der Waals surface area contributed by atoms with Gasteiger partial charge in [0.15, 0.2) is 5.60 Å². The van der Waals surface area contributed by atoms with Gasteiger partial charge < -0.3 is 35.7 Å². The van der Waals surface area contributed by atoms with E-state index in [0.29, 0.717) is 12.5 Å². The van der Waals surface area contributed by atoms with Crippen LogP contribution in [0.2, 0.25) is 0 Å². The molecule has 1 N–H and O–H groups in total. The lowest BCUT2D eigenvalue weighted by Crippen LogP contribution is -3.00. The van der Waals surface area contributed by atoms with Crippen LogP contribution >= 0.6 is 0 Å². The number of benzene rings is 3. The molecular formula is C29H33BrN2O3. The molecule has 0 amide bonds. The number of oxazole rings is 1. The molecule has 4 aromatic rings. The maximum absolute atomic E-state index is 11.8. The molecule has 1 aromatic heterocycles. The summed E-state index contributed by atoms with van der Waals surface area (Å²) in [6.45, 7) is 2.58. The summed E-state index contributed by atoms with van der Waals surface area (Å²) in [6, 6.07) is 29.0. The van der Waals surface area contributed by atoms with Crippen molar-refractivity contribution < 1.29 is 35.7 Å². The minimum Gasteiger partial charge on any atom is -1.00 e. The van der Waals surface area contributed by atoms with Gasteiger partial charge in [0.25, 0.3) is 0 Å². The predicted molar refractivity (Wildman–Crippen MR) is 134 cm³/mol. The summed E-state index contributed by atoms with van der Waals surface area (Å²) in [4.78, 5) is 4.51. The van der Waals surface area contributed by atoms with Crippen molar-refractivity contribution in [3.63, 3.8) is 0 Å². The van der Waals surface area contributed by atoms with Crippen molar-refractivity contribution in [2.24, 2.45) is 0 Å². The molecule has 0 aliphatic rings. The molecule has 0 atom stereocenters. The molecule has 0 unspecified atom stereocenters. The molecule has 0 aliphatic carbocycles. The maximum Gasteiger partial charge on any atom is 0.235 e. The minimum atomic E-state index is -1.44. The quantitative estimate of drug-likeness (QED) is 0.235. The topological polar surface area (TPSA) is 55.5 Å². The van der Waals surface area contributed by atoms with Crippen LogP contribution in [0.15, 0.2) is 102 Å². The maximum atomic E-state index is 11.8. The van der Waals surface area contributed by atoms with E-state index in [1.807, 2.05) is 91.0 Å². The van der Waals surface area contributed by atoms with E-state index in [9.17, 15) is 5.11 Å². The molecule has 6 heteroatoms. The Balaban J connectivity index is 0.00000342. The summed E-state index contributed by atoms with van der Waals surface area (Å²) in [5, 5.41) is 11.8. The lowest BCUT2D eigenvalue weighted by atomic mass is 9.86. The monoisotopic (exact) mass is 536 g/mol. The average Bonchev–Trinajstić information content (AvgIpc) is 3.37. The van der Waals surface area contributed by atoms with E-state index in [2.05, 4.69) is 19.1 Å². The van der Waals surface area contributed by atoms with Crippen LogP contribution in [0.4, 0.5) is 0 Å². The number of nitrogens with zero attached hydrogens (tertiary/aromatic N) is 2. The summed E-state index contributed by atoms with van der Waals surface area (Å²) in [7, 11) is 4.42. The number of ether oxygens (including phenoxy) is 1. The van der Waals surface area contributed by atoms with Crippen molar-refractivity contribution >= 4 is 0 Å². The van der Waals surface area contributed by atoms with Crippen molar-refractivity contribution in [3.05, 3.63) is 120 Å². The Bertz CT molecular complexity index is 1110. The zero-order chi connectivity index (χ0) is 23.9. The molecule has 0 bridgehead atoms. The fourth-order valence-electron chi connectivity index (χ4n) is 4.09. The van der Waals surface area contributed by atoms with Crippen molar-refractivity contribution in [2.45, 2.75) is 18.4 Å². The Morgan fingerprint density at radius 2 is 1.37 bits per heavy atom. The highest BCUT2D eigenvalue weighted by Crippen LogP contribution is 2.36. The largest absolute Gasteiger partial charge is 1.00 e. The summed E-state index contributed by atoms with van der Waals surface area (Å²) in [5.74, 6) is 1.97. The molecular weight excluding hydrogens is 504 g/mol. The highest BCUT2D eigenvalue weighted by molar-refractivity contribution is 5.41. The molecule has 35 heavy (non-hydrogen) atoms. The number of para-hydroxylation sites is 1. The van der Waals surface area contributed by atoms with E-state index in [-0.39, 0.29) is 17.0 Å². The van der Waals surface area contributed by atoms with Gasteiger partial charge >= 0.3 is 0 Å². The van der Waals surface area contributed by atoms with Crippen molar-refractivity contribution in [3.8, 4) is 5.75 Å². The van der Waals surface area contributed by atoms with Gasteiger partial charge in [0.1, 0.15) is 11.5 Å². The average molecular weight is 537 g/mol. The SMILES string of the molecule is C[N+](C)(CCCOc1ccccc1)CCc1cnc(C(O)(c2ccccc2)c2ccccc2)o1.[Br-]. The molecule has 0 fully saturated rings. The second-order valence-corrected chi connectivity index (χ2v) is 9.22. The van der Waals surface area contributed by atoms with E-state index in [1.165, 1.54) is 0 Å². The van der Waals surface area contributed by atoms with Gasteiger partial charge in [0, 0.05) is 6.42 Å². The zero-order valence-corrected chi connectivity index (χ0v) is 21.9. The first-order valence-corrected chi connectivity index (χ1v) is 11.8. The van der Waals surface area contributed by atoms with Gasteiger partial charge in [-0.25, -0.2) is 4.98 Å². The van der Waals surface area contributed by atoms with Gasteiger partial charge in [0.2, 0.25) is 5.89 Å². The molecule has 0 radical (unpaired) electrons. The van der Waals surface area contributed by atoms with E-state index in [0.717, 1.165) is 53.1 Å². The Labute approximate surface area is 218 Å². The number of aliphatic hydroxyl groups is 1. The molecule has 5 nitrogen and oxygen atoms in total. The van der Waals surface area contributed by atoms with Gasteiger partial charge in [-0.3, -0.25) is 0 Å². The Hall–Kier alpha value is -2.93. The van der Waals surface area contributed by atoms with Crippen molar-refractivity contribution in [2.75, 3.05) is 33.8 Å². The van der Waals surface area contributed by atoms with Crippen molar-refractivity contribution in [1.82, 2.24) is 4.98 Å². The van der Waals surface area contributed by atoms with Crippen LogP contribution in [0.25, 0.3) is 0 Å². The van der Waals surface area contributed by atoms with Gasteiger partial charge in [-0.15, -0.1) is 0 Å². The third-order valence-corrected chi connectivity index (χ3v) is 6.13. The van der Waals surface area contributed by atoms with Crippen LogP contribution < -0.4 is 21.7 Å². The van der Waals surface area contributed by atoms with E-state index in [1.54, 1.807) is 6.20 Å². The van der Waals surface area contributed by atoms with E-state index >= 15 is 0 Å². The first kappa shape index (κ1) is 26.7. The fraction of sp³-hybridized carbons (Fsp3) is 0.276. The van der Waals surface area contributed by atoms with Gasteiger partial charge in [-0.1, -0.05) is 78.9 Å². The highest BCUT2D eigenvalue weighted by Gasteiger charge is 2.38. The Morgan fingerprint density at radius 3 is 1.94 bits per heavy atom. The highest BCUT2D eigenvalue weighted by atomic mass is 79.9. The smallest absolute Gasteiger partial charge is 0.235 e. The third-order valence-electron chi connectivity index (χ3n) is 6.13. The Kier molecular flexibility index (Phi) is 9.26. The molecule has 0 saturated carbocycles. The molecule has 4 rings (SSSR count). The van der Waals surface area contributed by atoms with E-state index < -0.39 is 5.60 Å². The zero-order valence-electron chi connectivity index (χ0n) is 20.3. The second-order valence-electron chi connectivity index (χ2n) is 9.22. The van der Waals surface area contributed by atoms with Gasteiger partial charge in [-0.2, -0.15) is 0 Å². The Morgan fingerprint density at radius 1 is 0.829 bits per heavy atom. The minimum absolute atomic E-state index is 0. The van der Waals surface area contributed by atoms with Crippen LogP contribution in [-0.4, -0.2) is 48.4 Å². The number of likely N-dealkylation sites (N-methyl/N-ethyl adjacent to an activating group) is 1. The van der Waals surface area contributed by atoms with Crippen molar-refractivity contribution in [1.29, 1.82) is 0 Å². The number of hydrogen-bond donors (Lipinski definition) is 1. The lowest BCUT2D eigenvalue weighted by Gasteiger charge is -2.29. The first-order valence-electron chi connectivity index (χ1n) is 11.8. The second kappa shape index (κ2) is 12.2. The third kappa shape index (κ3) is 6.82. The number of quaternary nitrogens is 1. The van der Waals surface area contributed by atoms with Gasteiger partial charge in [0.05, 0.1) is 46.4 Å². The summed E-state index contributed by atoms with van der Waals surface area (Å²) in [5.41, 5.74) is 0.00757. The molecule has 3 aromatic carbocycles. The predicted octanol–water partition coefficient (Wildman–Crippen LogP) is 2.05. The number of aromatic nitrogens is 1. The molecule has 0 aliphatic heterocycles. The molecule has 0 spiro atoms.